The molecule has 1 unspecified atom stereocenters. The summed E-state index contributed by atoms with van der Waals surface area (Å²) in [5.74, 6) is 1.76. The summed E-state index contributed by atoms with van der Waals surface area (Å²) >= 11 is 4.81. The normalized spacial score (nSPS) is 13.2. The molecule has 0 heterocycles. The van der Waals surface area contributed by atoms with Gasteiger partial charge in [0.1, 0.15) is 17.2 Å². The maximum atomic E-state index is 12.1. The number of hydrogen-bond donors (Lipinski definition) is 1. The molecule has 2 aromatic rings. The highest BCUT2D eigenvalue weighted by atomic mass is 32.8. The molecule has 0 radical (unpaired) electrons. The van der Waals surface area contributed by atoms with Crippen molar-refractivity contribution in [2.45, 2.75) is 18.2 Å². The van der Waals surface area contributed by atoms with Gasteiger partial charge < -0.3 is 18.8 Å². The molecule has 0 bridgehead atoms. The standard InChI is InChI=1S/C17H20O5S2/c1-11-6-5-7-12(17(11)24(18,19)23)8-14-15(21-3)9-13(20-2)10-16(14)22-4/h5-7,9-10H,8H2,1-4H3,(H,18,19,23). The van der Waals surface area contributed by atoms with Crippen molar-refractivity contribution >= 4 is 20.0 Å². The largest absolute Gasteiger partial charge is 0.496 e. The van der Waals surface area contributed by atoms with E-state index in [2.05, 4.69) is 0 Å². The summed E-state index contributed by atoms with van der Waals surface area (Å²) in [6.07, 6.45) is 0.349. The molecule has 7 heteroatoms. The van der Waals surface area contributed by atoms with Gasteiger partial charge in [-0.15, -0.1) is 0 Å². The number of aryl methyl sites for hydroxylation is 1. The van der Waals surface area contributed by atoms with Gasteiger partial charge in [0, 0.05) is 35.3 Å². The molecule has 2 rings (SSSR count). The molecule has 2 aromatic carbocycles. The van der Waals surface area contributed by atoms with E-state index in [0.717, 1.165) is 5.56 Å². The SMILES string of the molecule is COc1cc(OC)c(Cc2cccc(C)c2S(=O)(O)=S)c(OC)c1. The predicted molar refractivity (Wildman–Crippen MR) is 96.5 cm³/mol. The first-order valence-corrected chi connectivity index (χ1v) is 9.60. The van der Waals surface area contributed by atoms with Gasteiger partial charge >= 0.3 is 0 Å². The zero-order valence-corrected chi connectivity index (χ0v) is 15.6. The maximum absolute atomic E-state index is 12.1. The van der Waals surface area contributed by atoms with Crippen molar-refractivity contribution in [3.63, 3.8) is 0 Å². The highest BCUT2D eigenvalue weighted by Gasteiger charge is 2.19. The van der Waals surface area contributed by atoms with Crippen LogP contribution < -0.4 is 14.2 Å². The Labute approximate surface area is 147 Å². The fraction of sp³-hybridized carbons (Fsp3) is 0.294. The molecule has 0 aliphatic rings. The van der Waals surface area contributed by atoms with Crippen LogP contribution in [0.2, 0.25) is 0 Å². The fourth-order valence-corrected chi connectivity index (χ4v) is 4.33. The summed E-state index contributed by atoms with van der Waals surface area (Å²) in [6.45, 7) is 1.77. The van der Waals surface area contributed by atoms with Crippen LogP contribution in [0.1, 0.15) is 16.7 Å². The minimum absolute atomic E-state index is 0.278. The molecule has 24 heavy (non-hydrogen) atoms. The number of hydrogen-bond acceptors (Lipinski definition) is 5. The monoisotopic (exact) mass is 368 g/mol. The lowest BCUT2D eigenvalue weighted by atomic mass is 10.0. The Morgan fingerprint density at radius 2 is 1.67 bits per heavy atom. The second-order valence-electron chi connectivity index (χ2n) is 5.23. The first kappa shape index (κ1) is 18.5. The van der Waals surface area contributed by atoms with Crippen molar-refractivity contribution < 1.29 is 23.0 Å². The maximum Gasteiger partial charge on any atom is 0.171 e. The van der Waals surface area contributed by atoms with Gasteiger partial charge in [0.05, 0.1) is 26.2 Å². The van der Waals surface area contributed by atoms with E-state index in [-0.39, 0.29) is 4.90 Å². The van der Waals surface area contributed by atoms with Gasteiger partial charge in [-0.05, 0) is 18.1 Å². The molecule has 130 valence electrons. The van der Waals surface area contributed by atoms with Crippen LogP contribution >= 0.6 is 0 Å². The van der Waals surface area contributed by atoms with Crippen LogP contribution in [0.5, 0.6) is 17.2 Å². The first-order chi connectivity index (χ1) is 11.3. The summed E-state index contributed by atoms with van der Waals surface area (Å²) in [5, 5.41) is 0. The Balaban J connectivity index is 2.63. The molecule has 1 atom stereocenters. The Kier molecular flexibility index (Phi) is 5.69. The lowest BCUT2D eigenvalue weighted by molar-refractivity contribution is 0.369. The van der Waals surface area contributed by atoms with E-state index in [9.17, 15) is 8.76 Å². The molecule has 0 aliphatic carbocycles. The summed E-state index contributed by atoms with van der Waals surface area (Å²) in [5.41, 5.74) is 2.10. The Morgan fingerprint density at radius 1 is 1.08 bits per heavy atom. The van der Waals surface area contributed by atoms with E-state index in [1.54, 1.807) is 52.5 Å². The summed E-state index contributed by atoms with van der Waals surface area (Å²) in [6, 6.07) is 8.88. The third kappa shape index (κ3) is 3.80. The zero-order valence-electron chi connectivity index (χ0n) is 14.0. The van der Waals surface area contributed by atoms with E-state index in [0.29, 0.717) is 34.8 Å². The quantitative estimate of drug-likeness (QED) is 0.845. The van der Waals surface area contributed by atoms with E-state index in [4.69, 9.17) is 25.4 Å². The van der Waals surface area contributed by atoms with Gasteiger partial charge in [0.15, 0.2) is 8.77 Å². The van der Waals surface area contributed by atoms with Crippen LogP contribution in [0.4, 0.5) is 0 Å². The average molecular weight is 368 g/mol. The first-order valence-electron chi connectivity index (χ1n) is 7.16. The molecule has 0 fully saturated rings. The van der Waals surface area contributed by atoms with Crippen LogP contribution in [0.25, 0.3) is 0 Å². The topological polar surface area (TPSA) is 65.0 Å². The van der Waals surface area contributed by atoms with E-state index < -0.39 is 8.77 Å². The lowest BCUT2D eigenvalue weighted by Gasteiger charge is -2.17. The minimum Gasteiger partial charge on any atom is -0.496 e. The van der Waals surface area contributed by atoms with Crippen LogP contribution in [-0.2, 0) is 26.4 Å². The van der Waals surface area contributed by atoms with Gasteiger partial charge in [0.25, 0.3) is 0 Å². The number of benzene rings is 2. The Morgan fingerprint density at radius 3 is 2.12 bits per heavy atom. The number of methoxy groups -OCH3 is 3. The molecular weight excluding hydrogens is 348 g/mol. The molecule has 0 saturated heterocycles. The third-order valence-electron chi connectivity index (χ3n) is 3.74. The van der Waals surface area contributed by atoms with Crippen molar-refractivity contribution in [3.05, 3.63) is 47.0 Å². The predicted octanol–water partition coefficient (Wildman–Crippen LogP) is 3.19. The van der Waals surface area contributed by atoms with Crippen LogP contribution in [0.3, 0.4) is 0 Å². The highest BCUT2D eigenvalue weighted by molar-refractivity contribution is 8.29. The second-order valence-corrected chi connectivity index (χ2v) is 7.94. The van der Waals surface area contributed by atoms with Gasteiger partial charge in [0.2, 0.25) is 0 Å². The van der Waals surface area contributed by atoms with Gasteiger partial charge in [-0.1, -0.05) is 18.2 Å². The Bertz CT molecular complexity index is 819. The number of rotatable bonds is 6. The summed E-state index contributed by atoms with van der Waals surface area (Å²) in [4.78, 5) is 0.278. The molecule has 0 aliphatic heterocycles. The van der Waals surface area contributed by atoms with Crippen LogP contribution in [0.15, 0.2) is 35.2 Å². The van der Waals surface area contributed by atoms with Gasteiger partial charge in [-0.2, -0.15) is 0 Å². The molecule has 5 nitrogen and oxygen atoms in total. The third-order valence-corrected chi connectivity index (χ3v) is 5.34. The number of ether oxygens (including phenoxy) is 3. The van der Waals surface area contributed by atoms with Crippen molar-refractivity contribution in [2.24, 2.45) is 0 Å². The Hall–Kier alpha value is -1.83. The molecule has 0 saturated carbocycles. The molecule has 0 aromatic heterocycles. The van der Waals surface area contributed by atoms with Gasteiger partial charge in [-0.3, -0.25) is 0 Å². The second kappa shape index (κ2) is 7.38. The van der Waals surface area contributed by atoms with Crippen LogP contribution in [-0.4, -0.2) is 30.1 Å². The minimum atomic E-state index is -3.51. The van der Waals surface area contributed by atoms with E-state index >= 15 is 0 Å². The van der Waals surface area contributed by atoms with E-state index in [1.165, 1.54) is 0 Å². The molecular formula is C17H20O5S2. The average Bonchev–Trinajstić information content (AvgIpc) is 2.53. The van der Waals surface area contributed by atoms with Crippen LogP contribution in [0, 0.1) is 6.92 Å². The molecule has 0 spiro atoms. The zero-order chi connectivity index (χ0) is 17.9. The summed E-state index contributed by atoms with van der Waals surface area (Å²) < 4.78 is 38.2. The molecule has 0 amide bonds. The lowest BCUT2D eigenvalue weighted by Crippen LogP contribution is -2.07. The van der Waals surface area contributed by atoms with Gasteiger partial charge in [-0.25, -0.2) is 4.21 Å². The van der Waals surface area contributed by atoms with Crippen molar-refractivity contribution in [1.82, 2.24) is 0 Å². The smallest absolute Gasteiger partial charge is 0.171 e. The fourth-order valence-electron chi connectivity index (χ4n) is 2.66. The van der Waals surface area contributed by atoms with Crippen molar-refractivity contribution in [2.75, 3.05) is 21.3 Å². The van der Waals surface area contributed by atoms with Crippen molar-refractivity contribution in [3.8, 4) is 17.2 Å². The highest BCUT2D eigenvalue weighted by Crippen LogP contribution is 2.37. The summed E-state index contributed by atoms with van der Waals surface area (Å²) in [7, 11) is 1.16. The molecule has 1 N–H and O–H groups in total. The van der Waals surface area contributed by atoms with E-state index in [1.807, 2.05) is 6.07 Å². The van der Waals surface area contributed by atoms with Crippen molar-refractivity contribution in [1.29, 1.82) is 0 Å².